The Morgan fingerprint density at radius 1 is 1.11 bits per heavy atom. The van der Waals surface area contributed by atoms with Crippen LogP contribution in [0.25, 0.3) is 0 Å². The van der Waals surface area contributed by atoms with Gasteiger partial charge < -0.3 is 19.5 Å². The molecule has 6 nitrogen and oxygen atoms in total. The molecular formula is C22H30N4O2. The number of amides is 2. The number of anilines is 1. The number of hydrogen-bond acceptors (Lipinski definition) is 3. The SMILES string of the molecule is Cc1cc(C)cc(NC(=O)N2CCC(n3c(C)cnc3C3CCCO3)CC2)c1. The molecule has 1 N–H and O–H groups in total. The Hall–Kier alpha value is -2.34. The highest BCUT2D eigenvalue weighted by Crippen LogP contribution is 2.33. The number of nitrogens with one attached hydrogen (secondary N) is 1. The van der Waals surface area contributed by atoms with Gasteiger partial charge in [0.05, 0.1) is 0 Å². The van der Waals surface area contributed by atoms with Gasteiger partial charge in [-0.15, -0.1) is 0 Å². The zero-order chi connectivity index (χ0) is 19.7. The van der Waals surface area contributed by atoms with Gasteiger partial charge in [0.2, 0.25) is 0 Å². The molecule has 6 heteroatoms. The van der Waals surface area contributed by atoms with Crippen molar-refractivity contribution in [2.75, 3.05) is 25.0 Å². The smallest absolute Gasteiger partial charge is 0.321 e. The third kappa shape index (κ3) is 3.92. The van der Waals surface area contributed by atoms with Crippen LogP contribution in [-0.4, -0.2) is 40.2 Å². The molecule has 1 unspecified atom stereocenters. The number of likely N-dealkylation sites (tertiary alicyclic amines) is 1. The Morgan fingerprint density at radius 3 is 2.46 bits per heavy atom. The maximum absolute atomic E-state index is 12.7. The molecule has 2 aliphatic rings. The van der Waals surface area contributed by atoms with Crippen LogP contribution in [0.15, 0.2) is 24.4 Å². The van der Waals surface area contributed by atoms with E-state index >= 15 is 0 Å². The summed E-state index contributed by atoms with van der Waals surface area (Å²) < 4.78 is 8.23. The highest BCUT2D eigenvalue weighted by molar-refractivity contribution is 5.89. The lowest BCUT2D eigenvalue weighted by Crippen LogP contribution is -2.41. The van der Waals surface area contributed by atoms with E-state index in [1.54, 1.807) is 0 Å². The number of urea groups is 1. The lowest BCUT2D eigenvalue weighted by molar-refractivity contribution is 0.0974. The lowest BCUT2D eigenvalue weighted by Gasteiger charge is -2.34. The van der Waals surface area contributed by atoms with E-state index in [-0.39, 0.29) is 12.1 Å². The number of aryl methyl sites for hydroxylation is 3. The van der Waals surface area contributed by atoms with Gasteiger partial charge in [0, 0.05) is 43.3 Å². The molecule has 1 aromatic carbocycles. The molecule has 1 aromatic heterocycles. The summed E-state index contributed by atoms with van der Waals surface area (Å²) in [6.45, 7) is 8.55. The van der Waals surface area contributed by atoms with Crippen LogP contribution >= 0.6 is 0 Å². The highest BCUT2D eigenvalue weighted by atomic mass is 16.5. The molecule has 4 rings (SSSR count). The Morgan fingerprint density at radius 2 is 1.82 bits per heavy atom. The number of piperidine rings is 1. The van der Waals surface area contributed by atoms with E-state index in [1.807, 2.05) is 37.1 Å². The minimum atomic E-state index is -0.00912. The summed E-state index contributed by atoms with van der Waals surface area (Å²) in [5.74, 6) is 1.06. The Labute approximate surface area is 166 Å². The van der Waals surface area contributed by atoms with Crippen molar-refractivity contribution in [3.63, 3.8) is 0 Å². The molecule has 1 atom stereocenters. The molecule has 0 saturated carbocycles. The number of imidazole rings is 1. The van der Waals surface area contributed by atoms with Gasteiger partial charge in [-0.3, -0.25) is 0 Å². The predicted octanol–water partition coefficient (Wildman–Crippen LogP) is 4.53. The molecule has 2 saturated heterocycles. The molecule has 28 heavy (non-hydrogen) atoms. The summed E-state index contributed by atoms with van der Waals surface area (Å²) in [5.41, 5.74) is 4.37. The molecular weight excluding hydrogens is 352 g/mol. The van der Waals surface area contributed by atoms with Gasteiger partial charge >= 0.3 is 6.03 Å². The van der Waals surface area contributed by atoms with Crippen LogP contribution in [0.2, 0.25) is 0 Å². The van der Waals surface area contributed by atoms with Crippen LogP contribution in [0, 0.1) is 20.8 Å². The fraction of sp³-hybridized carbons (Fsp3) is 0.545. The second-order valence-corrected chi connectivity index (χ2v) is 8.15. The zero-order valence-electron chi connectivity index (χ0n) is 17.1. The van der Waals surface area contributed by atoms with Crippen molar-refractivity contribution < 1.29 is 9.53 Å². The lowest BCUT2D eigenvalue weighted by atomic mass is 10.0. The number of hydrogen-bond donors (Lipinski definition) is 1. The summed E-state index contributed by atoms with van der Waals surface area (Å²) in [6.07, 6.45) is 6.12. The quantitative estimate of drug-likeness (QED) is 0.848. The summed E-state index contributed by atoms with van der Waals surface area (Å²) in [4.78, 5) is 19.3. The maximum atomic E-state index is 12.7. The van der Waals surface area contributed by atoms with Crippen molar-refractivity contribution in [2.24, 2.45) is 0 Å². The number of aromatic nitrogens is 2. The van der Waals surface area contributed by atoms with E-state index in [1.165, 1.54) is 5.69 Å². The molecule has 0 radical (unpaired) electrons. The first kappa shape index (κ1) is 19.0. The minimum absolute atomic E-state index is 0.00912. The largest absolute Gasteiger partial charge is 0.370 e. The second-order valence-electron chi connectivity index (χ2n) is 8.15. The van der Waals surface area contributed by atoms with E-state index in [2.05, 4.69) is 27.9 Å². The number of carbonyl (C=O) groups excluding carboxylic acids is 1. The van der Waals surface area contributed by atoms with Gasteiger partial charge in [0.1, 0.15) is 11.9 Å². The number of rotatable bonds is 3. The van der Waals surface area contributed by atoms with Gasteiger partial charge in [-0.1, -0.05) is 6.07 Å². The van der Waals surface area contributed by atoms with Gasteiger partial charge in [-0.25, -0.2) is 9.78 Å². The van der Waals surface area contributed by atoms with Crippen molar-refractivity contribution >= 4 is 11.7 Å². The van der Waals surface area contributed by atoms with Crippen molar-refractivity contribution in [3.8, 4) is 0 Å². The summed E-state index contributed by atoms with van der Waals surface area (Å²) in [5, 5.41) is 3.06. The number of benzene rings is 1. The van der Waals surface area contributed by atoms with Crippen molar-refractivity contribution in [2.45, 2.75) is 58.6 Å². The fourth-order valence-corrected chi connectivity index (χ4v) is 4.54. The monoisotopic (exact) mass is 382 g/mol. The van der Waals surface area contributed by atoms with Gasteiger partial charge in [-0.2, -0.15) is 0 Å². The Balaban J connectivity index is 1.39. The molecule has 0 bridgehead atoms. The third-order valence-electron chi connectivity index (χ3n) is 5.82. The van der Waals surface area contributed by atoms with Crippen LogP contribution in [0.4, 0.5) is 10.5 Å². The normalized spacial score (nSPS) is 20.5. The zero-order valence-corrected chi connectivity index (χ0v) is 17.1. The van der Waals surface area contributed by atoms with Gasteiger partial charge in [0.25, 0.3) is 0 Å². The van der Waals surface area contributed by atoms with E-state index in [0.717, 1.165) is 68.0 Å². The number of carbonyl (C=O) groups is 1. The van der Waals surface area contributed by atoms with E-state index < -0.39 is 0 Å². The van der Waals surface area contributed by atoms with Crippen molar-refractivity contribution in [3.05, 3.63) is 47.0 Å². The molecule has 2 aliphatic heterocycles. The molecule has 2 aromatic rings. The Bertz CT molecular complexity index is 826. The topological polar surface area (TPSA) is 59.4 Å². The Kier molecular flexibility index (Phi) is 5.40. The summed E-state index contributed by atoms with van der Waals surface area (Å²) in [6, 6.07) is 6.51. The van der Waals surface area contributed by atoms with Gasteiger partial charge in [-0.05, 0) is 69.7 Å². The summed E-state index contributed by atoms with van der Waals surface area (Å²) >= 11 is 0. The first-order valence-corrected chi connectivity index (χ1v) is 10.3. The van der Waals surface area contributed by atoms with Crippen LogP contribution < -0.4 is 5.32 Å². The number of ether oxygens (including phenoxy) is 1. The number of nitrogens with zero attached hydrogens (tertiary/aromatic N) is 3. The first-order chi connectivity index (χ1) is 13.5. The first-order valence-electron chi connectivity index (χ1n) is 10.3. The molecule has 150 valence electrons. The maximum Gasteiger partial charge on any atom is 0.321 e. The molecule has 0 spiro atoms. The molecule has 0 aliphatic carbocycles. The standard InChI is InChI=1S/C22H30N4O2/c1-15-11-16(2)13-18(12-15)24-22(27)25-8-6-19(7-9-25)26-17(3)14-23-21(26)20-5-4-10-28-20/h11-14,19-20H,4-10H2,1-3H3,(H,24,27). The second kappa shape index (κ2) is 7.95. The van der Waals surface area contributed by atoms with Crippen LogP contribution in [0.5, 0.6) is 0 Å². The summed E-state index contributed by atoms with van der Waals surface area (Å²) in [7, 11) is 0. The average Bonchev–Trinajstić information content (AvgIpc) is 3.30. The van der Waals surface area contributed by atoms with Crippen LogP contribution in [-0.2, 0) is 4.74 Å². The molecule has 2 fully saturated rings. The van der Waals surface area contributed by atoms with Crippen LogP contribution in [0.1, 0.15) is 60.5 Å². The van der Waals surface area contributed by atoms with Crippen LogP contribution in [0.3, 0.4) is 0 Å². The fourth-order valence-electron chi connectivity index (χ4n) is 4.54. The third-order valence-corrected chi connectivity index (χ3v) is 5.82. The molecule has 3 heterocycles. The van der Waals surface area contributed by atoms with Crippen molar-refractivity contribution in [1.29, 1.82) is 0 Å². The van der Waals surface area contributed by atoms with Crippen molar-refractivity contribution in [1.82, 2.24) is 14.5 Å². The highest BCUT2D eigenvalue weighted by Gasteiger charge is 2.30. The van der Waals surface area contributed by atoms with Gasteiger partial charge in [0.15, 0.2) is 0 Å². The average molecular weight is 383 g/mol. The minimum Gasteiger partial charge on any atom is -0.370 e. The van der Waals surface area contributed by atoms with E-state index in [4.69, 9.17) is 4.74 Å². The van der Waals surface area contributed by atoms with E-state index in [9.17, 15) is 4.79 Å². The predicted molar refractivity (Wildman–Crippen MR) is 110 cm³/mol. The molecule has 2 amide bonds. The van der Waals surface area contributed by atoms with E-state index in [0.29, 0.717) is 6.04 Å².